The lowest BCUT2D eigenvalue weighted by atomic mass is 10.1. The number of aryl methyl sites for hydroxylation is 1. The molecule has 10 heteroatoms. The van der Waals surface area contributed by atoms with E-state index in [1.54, 1.807) is 13.0 Å². The van der Waals surface area contributed by atoms with Crippen molar-refractivity contribution in [3.8, 4) is 0 Å². The van der Waals surface area contributed by atoms with Crippen LogP contribution in [-0.2, 0) is 19.1 Å². The summed E-state index contributed by atoms with van der Waals surface area (Å²) in [5.41, 5.74) is 0.650. The molecule has 1 saturated heterocycles. The van der Waals surface area contributed by atoms with Gasteiger partial charge in [0.05, 0.1) is 5.69 Å². The molecule has 2 unspecified atom stereocenters. The molecule has 2 heterocycles. The molecule has 2 rings (SSSR count). The lowest BCUT2D eigenvalue weighted by molar-refractivity contribution is -0.136. The van der Waals surface area contributed by atoms with Gasteiger partial charge < -0.3 is 20.7 Å². The molecule has 4 N–H and O–H groups in total. The summed E-state index contributed by atoms with van der Waals surface area (Å²) in [5.74, 6) is -1.29. The molecule has 1 fully saturated rings. The number of nitrogens with one attached hydrogen (secondary N) is 4. The summed E-state index contributed by atoms with van der Waals surface area (Å²) in [7, 11) is 0. The molecule has 27 heavy (non-hydrogen) atoms. The van der Waals surface area contributed by atoms with E-state index >= 15 is 0 Å². The average molecular weight is 380 g/mol. The van der Waals surface area contributed by atoms with E-state index in [1.807, 2.05) is 13.8 Å². The number of ether oxygens (including phenoxy) is 1. The van der Waals surface area contributed by atoms with Crippen molar-refractivity contribution in [1.82, 2.24) is 25.7 Å². The highest BCUT2D eigenvalue weighted by Crippen LogP contribution is 2.18. The minimum Gasteiger partial charge on any atom is -0.382 e. The van der Waals surface area contributed by atoms with Crippen molar-refractivity contribution in [3.05, 3.63) is 11.8 Å². The average Bonchev–Trinajstić information content (AvgIpc) is 3.01. The van der Waals surface area contributed by atoms with Gasteiger partial charge >= 0.3 is 11.8 Å². The fraction of sp³-hybridized carbons (Fsp3) is 0.647. The molecule has 0 aromatic carbocycles. The van der Waals surface area contributed by atoms with Crippen LogP contribution in [0, 0.1) is 6.92 Å². The number of anilines is 1. The Bertz CT molecular complexity index is 674. The Morgan fingerprint density at radius 1 is 1.37 bits per heavy atom. The highest BCUT2D eigenvalue weighted by Gasteiger charge is 2.28. The molecule has 1 aliphatic heterocycles. The van der Waals surface area contributed by atoms with Crippen LogP contribution in [0.25, 0.3) is 0 Å². The van der Waals surface area contributed by atoms with E-state index in [-0.39, 0.29) is 11.9 Å². The molecule has 10 nitrogen and oxygen atoms in total. The maximum atomic E-state index is 12.2. The number of rotatable bonds is 8. The molecule has 1 aromatic rings. The maximum absolute atomic E-state index is 12.2. The number of amides is 3. The third kappa shape index (κ3) is 6.04. The molecule has 3 amide bonds. The van der Waals surface area contributed by atoms with Crippen molar-refractivity contribution < 1.29 is 19.1 Å². The summed E-state index contributed by atoms with van der Waals surface area (Å²) in [6.07, 6.45) is 1.21. The van der Waals surface area contributed by atoms with Gasteiger partial charge in [0.15, 0.2) is 6.29 Å². The van der Waals surface area contributed by atoms with E-state index in [0.717, 1.165) is 6.42 Å². The molecule has 0 spiro atoms. The van der Waals surface area contributed by atoms with Crippen molar-refractivity contribution >= 4 is 23.5 Å². The topological polar surface area (TPSA) is 126 Å². The van der Waals surface area contributed by atoms with Crippen molar-refractivity contribution in [3.63, 3.8) is 0 Å². The van der Waals surface area contributed by atoms with Gasteiger partial charge in [0.25, 0.3) is 0 Å². The zero-order valence-corrected chi connectivity index (χ0v) is 16.0. The van der Waals surface area contributed by atoms with Crippen LogP contribution in [0.2, 0.25) is 0 Å². The Hall–Kier alpha value is -2.46. The summed E-state index contributed by atoms with van der Waals surface area (Å²) in [4.78, 5) is 36.0. The Morgan fingerprint density at radius 2 is 2.15 bits per heavy atom. The molecular weight excluding hydrogens is 352 g/mol. The summed E-state index contributed by atoms with van der Waals surface area (Å²) < 4.78 is 6.65. The van der Waals surface area contributed by atoms with Crippen LogP contribution in [0.1, 0.15) is 45.1 Å². The van der Waals surface area contributed by atoms with Crippen molar-refractivity contribution in [1.29, 1.82) is 0 Å². The van der Waals surface area contributed by atoms with Crippen LogP contribution in [0.3, 0.4) is 0 Å². The molecule has 0 aliphatic carbocycles. The molecule has 2 atom stereocenters. The van der Waals surface area contributed by atoms with Gasteiger partial charge in [-0.1, -0.05) is 6.92 Å². The van der Waals surface area contributed by atoms with Crippen LogP contribution in [0.15, 0.2) is 6.07 Å². The number of hydrogen-bond acceptors (Lipinski definition) is 6. The van der Waals surface area contributed by atoms with Crippen LogP contribution < -0.4 is 21.3 Å². The molecular formula is C17H28N6O4. The van der Waals surface area contributed by atoms with E-state index < -0.39 is 18.1 Å². The van der Waals surface area contributed by atoms with E-state index in [1.165, 1.54) is 4.68 Å². The second-order valence-corrected chi connectivity index (χ2v) is 6.32. The van der Waals surface area contributed by atoms with Crippen molar-refractivity contribution in [2.45, 2.75) is 52.4 Å². The Labute approximate surface area is 158 Å². The second kappa shape index (κ2) is 10.0. The quantitative estimate of drug-likeness (QED) is 0.372. The number of nitrogens with zero attached hydrogens (tertiary/aromatic N) is 2. The Kier molecular flexibility index (Phi) is 7.74. The van der Waals surface area contributed by atoms with Crippen LogP contribution in [0.5, 0.6) is 0 Å². The molecule has 1 aliphatic rings. The van der Waals surface area contributed by atoms with Gasteiger partial charge in [-0.25, -0.2) is 4.68 Å². The van der Waals surface area contributed by atoms with Crippen LogP contribution in [0.4, 0.5) is 5.82 Å². The van der Waals surface area contributed by atoms with E-state index in [2.05, 4.69) is 26.4 Å². The van der Waals surface area contributed by atoms with Gasteiger partial charge in [0.1, 0.15) is 5.82 Å². The zero-order chi connectivity index (χ0) is 19.8. The first-order valence-electron chi connectivity index (χ1n) is 9.23. The summed E-state index contributed by atoms with van der Waals surface area (Å²) in [6.45, 7) is 7.13. The van der Waals surface area contributed by atoms with Gasteiger partial charge in [0.2, 0.25) is 5.91 Å². The second-order valence-electron chi connectivity index (χ2n) is 6.32. The van der Waals surface area contributed by atoms with E-state index in [0.29, 0.717) is 44.1 Å². The van der Waals surface area contributed by atoms with Gasteiger partial charge in [-0.15, -0.1) is 0 Å². The zero-order valence-electron chi connectivity index (χ0n) is 16.0. The maximum Gasteiger partial charge on any atom is 0.314 e. The molecule has 0 bridgehead atoms. The smallest absolute Gasteiger partial charge is 0.314 e. The molecule has 0 saturated carbocycles. The molecule has 0 radical (unpaired) electrons. The Balaban J connectivity index is 1.97. The fourth-order valence-corrected chi connectivity index (χ4v) is 2.73. The van der Waals surface area contributed by atoms with Gasteiger partial charge in [-0.3, -0.25) is 19.7 Å². The van der Waals surface area contributed by atoms with E-state index in [9.17, 15) is 14.4 Å². The minimum absolute atomic E-state index is 0.0189. The number of carbonyl (C=O) groups excluding carboxylic acids is 3. The first-order chi connectivity index (χ1) is 12.9. The monoisotopic (exact) mass is 380 g/mol. The number of hydrogen-bond donors (Lipinski definition) is 4. The highest BCUT2D eigenvalue weighted by molar-refractivity contribution is 6.39. The number of aromatic nitrogens is 2. The SMILES string of the molecule is CCOCCCNC(=O)C(=O)Nc1cc(C)nn1C1NC(=O)CC(CC)N1. The first-order valence-corrected chi connectivity index (χ1v) is 9.23. The van der Waals surface area contributed by atoms with Crippen LogP contribution in [-0.4, -0.2) is 53.3 Å². The van der Waals surface area contributed by atoms with Crippen molar-refractivity contribution in [2.75, 3.05) is 25.1 Å². The first kappa shape index (κ1) is 20.8. The predicted octanol–water partition coefficient (Wildman–Crippen LogP) is 0.0170. The number of carbonyl (C=O) groups is 3. The largest absolute Gasteiger partial charge is 0.382 e. The van der Waals surface area contributed by atoms with E-state index in [4.69, 9.17) is 4.74 Å². The predicted molar refractivity (Wildman–Crippen MR) is 98.7 cm³/mol. The van der Waals surface area contributed by atoms with Gasteiger partial charge in [-0.2, -0.15) is 5.10 Å². The summed E-state index contributed by atoms with van der Waals surface area (Å²) in [6, 6.07) is 1.66. The lowest BCUT2D eigenvalue weighted by Gasteiger charge is -2.31. The summed E-state index contributed by atoms with van der Waals surface area (Å²) >= 11 is 0. The van der Waals surface area contributed by atoms with Crippen molar-refractivity contribution in [2.24, 2.45) is 0 Å². The fourth-order valence-electron chi connectivity index (χ4n) is 2.73. The standard InChI is InChI=1S/C17H28N6O4/c1-4-12-10-14(24)21-17(19-12)23-13(9-11(3)22-23)20-16(26)15(25)18-7-6-8-27-5-2/h9,12,17,19H,4-8,10H2,1-3H3,(H,18,25)(H,20,26)(H,21,24). The normalized spacial score (nSPS) is 19.4. The Morgan fingerprint density at radius 3 is 2.85 bits per heavy atom. The lowest BCUT2D eigenvalue weighted by Crippen LogP contribution is -2.53. The highest BCUT2D eigenvalue weighted by atomic mass is 16.5. The molecule has 150 valence electrons. The molecule has 1 aromatic heterocycles. The van der Waals surface area contributed by atoms with Gasteiger partial charge in [-0.05, 0) is 26.7 Å². The van der Waals surface area contributed by atoms with Crippen LogP contribution >= 0.6 is 0 Å². The summed E-state index contributed by atoms with van der Waals surface area (Å²) in [5, 5.41) is 15.5. The third-order valence-corrected chi connectivity index (χ3v) is 4.12. The minimum atomic E-state index is -0.790. The third-order valence-electron chi connectivity index (χ3n) is 4.12. The van der Waals surface area contributed by atoms with Gasteiger partial charge in [0, 0.05) is 38.3 Å².